The second-order valence-corrected chi connectivity index (χ2v) is 4.97. The molecule has 0 bridgehead atoms. The molecular weight excluding hydrogens is 292 g/mol. The van der Waals surface area contributed by atoms with Crippen LogP contribution in [0.1, 0.15) is 30.5 Å². The average molecular weight is 305 g/mol. The Balaban J connectivity index is 2.19. The number of fused-ring (bicyclic) bond motifs is 1. The van der Waals surface area contributed by atoms with Crippen LogP contribution < -0.4 is 5.73 Å². The molecule has 0 saturated heterocycles. The van der Waals surface area contributed by atoms with Crippen LogP contribution in [-0.2, 0) is 4.79 Å². The van der Waals surface area contributed by atoms with Crippen LogP contribution in [0, 0.1) is 0 Å². The van der Waals surface area contributed by atoms with Gasteiger partial charge in [0.1, 0.15) is 5.65 Å². The lowest BCUT2D eigenvalue weighted by molar-refractivity contribution is -0.119. The fourth-order valence-corrected chi connectivity index (χ4v) is 2.24. The Morgan fingerprint density at radius 3 is 2.77 bits per heavy atom. The normalized spacial score (nSPS) is 12.9. The minimum Gasteiger partial charge on any atom is -0.369 e. The molecular formula is C14H13F2N5O. The molecule has 0 spiro atoms. The number of alkyl halides is 2. The number of rotatable bonds is 4. The molecule has 6 nitrogen and oxygen atoms in total. The lowest BCUT2D eigenvalue weighted by Crippen LogP contribution is -2.18. The van der Waals surface area contributed by atoms with Crippen LogP contribution in [0.4, 0.5) is 8.78 Å². The van der Waals surface area contributed by atoms with E-state index in [0.29, 0.717) is 22.6 Å². The minimum atomic E-state index is -2.65. The number of amides is 1. The van der Waals surface area contributed by atoms with E-state index in [1.165, 1.54) is 29.1 Å². The summed E-state index contributed by atoms with van der Waals surface area (Å²) >= 11 is 0. The van der Waals surface area contributed by atoms with Crippen molar-refractivity contribution in [2.45, 2.75) is 19.3 Å². The zero-order valence-electron chi connectivity index (χ0n) is 11.6. The topological polar surface area (TPSA) is 89.1 Å². The quantitative estimate of drug-likeness (QED) is 0.774. The number of nitrogens with two attached hydrogens (primary N) is 1. The first-order valence-corrected chi connectivity index (χ1v) is 6.57. The lowest BCUT2D eigenvalue weighted by Gasteiger charge is -2.08. The molecule has 3 aromatic heterocycles. The highest BCUT2D eigenvalue weighted by Gasteiger charge is 2.20. The van der Waals surface area contributed by atoms with E-state index in [4.69, 9.17) is 5.73 Å². The van der Waals surface area contributed by atoms with Crippen LogP contribution >= 0.6 is 0 Å². The average Bonchev–Trinajstić information content (AvgIpc) is 3.13. The van der Waals surface area contributed by atoms with Crippen LogP contribution in [-0.4, -0.2) is 25.5 Å². The highest BCUT2D eigenvalue weighted by molar-refractivity contribution is 5.81. The van der Waals surface area contributed by atoms with Crippen LogP contribution in [0.2, 0.25) is 0 Å². The third-order valence-corrected chi connectivity index (χ3v) is 3.54. The third-order valence-electron chi connectivity index (χ3n) is 3.54. The molecule has 3 heterocycles. The molecule has 0 aliphatic rings. The van der Waals surface area contributed by atoms with Crippen LogP contribution in [0.15, 0.2) is 30.7 Å². The second kappa shape index (κ2) is 5.21. The van der Waals surface area contributed by atoms with Gasteiger partial charge >= 0.3 is 0 Å². The molecule has 8 heteroatoms. The van der Waals surface area contributed by atoms with E-state index < -0.39 is 18.3 Å². The van der Waals surface area contributed by atoms with Crippen molar-refractivity contribution in [2.75, 3.05) is 0 Å². The largest absolute Gasteiger partial charge is 0.369 e. The van der Waals surface area contributed by atoms with E-state index in [9.17, 15) is 13.6 Å². The summed E-state index contributed by atoms with van der Waals surface area (Å²) < 4.78 is 28.1. The monoisotopic (exact) mass is 305 g/mol. The van der Waals surface area contributed by atoms with Crippen LogP contribution in [0.5, 0.6) is 0 Å². The third kappa shape index (κ3) is 2.32. The Morgan fingerprint density at radius 2 is 2.18 bits per heavy atom. The predicted molar refractivity (Wildman–Crippen MR) is 75.3 cm³/mol. The molecule has 0 radical (unpaired) electrons. The van der Waals surface area contributed by atoms with E-state index >= 15 is 0 Å². The number of pyridine rings is 1. The minimum absolute atomic E-state index is 0.146. The Bertz CT molecular complexity index is 825. The first-order valence-electron chi connectivity index (χ1n) is 6.57. The maximum Gasteiger partial charge on any atom is 0.265 e. The van der Waals surface area contributed by atoms with Gasteiger partial charge < -0.3 is 10.1 Å². The zero-order chi connectivity index (χ0) is 15.9. The van der Waals surface area contributed by atoms with E-state index in [2.05, 4.69) is 15.2 Å². The molecule has 0 saturated carbocycles. The van der Waals surface area contributed by atoms with Crippen molar-refractivity contribution in [1.82, 2.24) is 19.6 Å². The number of nitrogens with one attached hydrogen (secondary N) is 1. The number of carbonyl (C=O) groups excluding carboxylic acids is 1. The fraction of sp³-hybridized carbons (Fsp3) is 0.214. The molecule has 3 aromatic rings. The van der Waals surface area contributed by atoms with Gasteiger partial charge in [-0.05, 0) is 19.1 Å². The zero-order valence-corrected chi connectivity index (χ0v) is 11.6. The van der Waals surface area contributed by atoms with Gasteiger partial charge in [0, 0.05) is 29.7 Å². The Hall–Kier alpha value is -2.77. The number of H-pyrrole nitrogens is 1. The van der Waals surface area contributed by atoms with E-state index in [0.717, 1.165) is 0 Å². The standard InChI is InChI=1S/C14H13F2N5O/c1-7(14(17)22)11-6-21-5-9(13(15)16)8(4-12(21)19-11)10-2-3-18-20-10/h2-7,13H,1H3,(H2,17,22)(H,18,20). The van der Waals surface area contributed by atoms with Crippen LogP contribution in [0.3, 0.4) is 0 Å². The van der Waals surface area contributed by atoms with Gasteiger partial charge in [0.05, 0.1) is 17.3 Å². The molecule has 1 amide bonds. The number of aromatic amines is 1. The van der Waals surface area contributed by atoms with E-state index in [1.807, 2.05) is 0 Å². The summed E-state index contributed by atoms with van der Waals surface area (Å²) in [5.41, 5.74) is 6.80. The van der Waals surface area contributed by atoms with Gasteiger partial charge in [0.25, 0.3) is 6.43 Å². The van der Waals surface area contributed by atoms with Crippen molar-refractivity contribution in [2.24, 2.45) is 5.73 Å². The summed E-state index contributed by atoms with van der Waals surface area (Å²) in [5, 5.41) is 6.44. The van der Waals surface area contributed by atoms with E-state index in [-0.39, 0.29) is 5.56 Å². The van der Waals surface area contributed by atoms with E-state index in [1.54, 1.807) is 13.0 Å². The molecule has 0 fully saturated rings. The number of hydrogen-bond acceptors (Lipinski definition) is 3. The smallest absolute Gasteiger partial charge is 0.265 e. The van der Waals surface area contributed by atoms with Gasteiger partial charge in [0.15, 0.2) is 0 Å². The lowest BCUT2D eigenvalue weighted by atomic mass is 10.1. The number of halogens is 2. The predicted octanol–water partition coefficient (Wildman–Crippen LogP) is 2.25. The molecule has 3 rings (SSSR count). The number of imidazole rings is 1. The van der Waals surface area contributed by atoms with Crippen molar-refractivity contribution in [3.63, 3.8) is 0 Å². The van der Waals surface area contributed by atoms with Crippen molar-refractivity contribution in [3.05, 3.63) is 42.0 Å². The van der Waals surface area contributed by atoms with Crippen LogP contribution in [0.25, 0.3) is 16.9 Å². The van der Waals surface area contributed by atoms with Gasteiger partial charge in [-0.3, -0.25) is 9.89 Å². The molecule has 1 unspecified atom stereocenters. The SMILES string of the molecule is CC(C(N)=O)c1cn2cc(C(F)F)c(-c3ccn[nH]3)cc2n1. The first kappa shape index (κ1) is 14.2. The Kier molecular flexibility index (Phi) is 3.36. The summed E-state index contributed by atoms with van der Waals surface area (Å²) in [7, 11) is 0. The second-order valence-electron chi connectivity index (χ2n) is 4.97. The Morgan fingerprint density at radius 1 is 1.41 bits per heavy atom. The number of carbonyl (C=O) groups is 1. The molecule has 114 valence electrons. The summed E-state index contributed by atoms with van der Waals surface area (Å²) in [5.74, 6) is -1.11. The molecule has 0 aliphatic heterocycles. The summed E-state index contributed by atoms with van der Waals surface area (Å²) in [6.07, 6.45) is 1.68. The van der Waals surface area contributed by atoms with Gasteiger partial charge in [-0.1, -0.05) is 0 Å². The van der Waals surface area contributed by atoms with Gasteiger partial charge in [0.2, 0.25) is 5.91 Å². The number of primary amides is 1. The molecule has 3 N–H and O–H groups in total. The van der Waals surface area contributed by atoms with Crippen molar-refractivity contribution < 1.29 is 13.6 Å². The van der Waals surface area contributed by atoms with Gasteiger partial charge in [-0.25, -0.2) is 13.8 Å². The fourth-order valence-electron chi connectivity index (χ4n) is 2.24. The summed E-state index contributed by atoms with van der Waals surface area (Å²) in [6.45, 7) is 1.62. The molecule has 0 aliphatic carbocycles. The Labute approximate surface area is 124 Å². The molecule has 22 heavy (non-hydrogen) atoms. The molecule has 1 atom stereocenters. The maximum absolute atomic E-state index is 13.3. The molecule has 0 aromatic carbocycles. The van der Waals surface area contributed by atoms with Crippen molar-refractivity contribution >= 4 is 11.6 Å². The van der Waals surface area contributed by atoms with Crippen molar-refractivity contribution in [1.29, 1.82) is 0 Å². The van der Waals surface area contributed by atoms with Gasteiger partial charge in [-0.15, -0.1) is 0 Å². The number of hydrogen-bond donors (Lipinski definition) is 2. The highest BCUT2D eigenvalue weighted by atomic mass is 19.3. The maximum atomic E-state index is 13.3. The first-order chi connectivity index (χ1) is 10.5. The van der Waals surface area contributed by atoms with Gasteiger partial charge in [-0.2, -0.15) is 5.10 Å². The highest BCUT2D eigenvalue weighted by Crippen LogP contribution is 2.31. The summed E-state index contributed by atoms with van der Waals surface area (Å²) in [4.78, 5) is 15.5. The number of nitrogens with zero attached hydrogens (tertiary/aromatic N) is 3. The number of aromatic nitrogens is 4. The van der Waals surface area contributed by atoms with Crippen molar-refractivity contribution in [3.8, 4) is 11.3 Å². The summed E-state index contributed by atoms with van der Waals surface area (Å²) in [6, 6.07) is 3.14.